The van der Waals surface area contributed by atoms with Crippen molar-refractivity contribution >= 4 is 46.3 Å². The molecule has 3 aromatic rings. The molecule has 0 amide bonds. The highest BCUT2D eigenvalue weighted by atomic mass is 35.5. The zero-order valence-corrected chi connectivity index (χ0v) is 12.4. The molecule has 0 spiro atoms. The summed E-state index contributed by atoms with van der Waals surface area (Å²) in [6, 6.07) is 5.26. The summed E-state index contributed by atoms with van der Waals surface area (Å²) in [5.74, 6) is 0.465. The highest BCUT2D eigenvalue weighted by Crippen LogP contribution is 2.24. The lowest BCUT2D eigenvalue weighted by atomic mass is 10.1. The zero-order chi connectivity index (χ0) is 15.0. The third-order valence-electron chi connectivity index (χ3n) is 2.99. The maximum absolute atomic E-state index is 11.6. The van der Waals surface area contributed by atoms with E-state index in [9.17, 15) is 4.79 Å². The summed E-state index contributed by atoms with van der Waals surface area (Å²) in [6.45, 7) is 1.77. The van der Waals surface area contributed by atoms with Crippen LogP contribution in [0.2, 0.25) is 10.0 Å². The number of nitrogens with zero attached hydrogens (tertiary/aromatic N) is 2. The van der Waals surface area contributed by atoms with Gasteiger partial charge in [0.15, 0.2) is 11.3 Å². The standard InChI is InChI=1S/C14H9Cl2N3O2/c1-7-12-11(21-19-13(12)14(20)18-17-7)5-3-8-2-4-9(15)10(16)6-8/h2-6H,1H3,(H,18,20). The van der Waals surface area contributed by atoms with E-state index in [0.29, 0.717) is 26.9 Å². The summed E-state index contributed by atoms with van der Waals surface area (Å²) < 4.78 is 5.20. The van der Waals surface area contributed by atoms with Crippen molar-refractivity contribution in [2.75, 3.05) is 0 Å². The van der Waals surface area contributed by atoms with Crippen LogP contribution >= 0.6 is 23.2 Å². The number of aromatic amines is 1. The average Bonchev–Trinajstić information content (AvgIpc) is 2.89. The van der Waals surface area contributed by atoms with Gasteiger partial charge in [-0.1, -0.05) is 40.5 Å². The van der Waals surface area contributed by atoms with E-state index in [4.69, 9.17) is 27.7 Å². The van der Waals surface area contributed by atoms with Gasteiger partial charge >= 0.3 is 0 Å². The van der Waals surface area contributed by atoms with Crippen molar-refractivity contribution in [2.24, 2.45) is 0 Å². The Kier molecular flexibility index (Phi) is 3.53. The molecule has 5 nitrogen and oxygen atoms in total. The first kappa shape index (κ1) is 13.9. The fourth-order valence-corrected chi connectivity index (χ4v) is 2.26. The first-order valence-corrected chi connectivity index (χ1v) is 6.79. The molecule has 0 fully saturated rings. The SMILES string of the molecule is Cc1n[nH]c(=O)c2noc(C=Cc3ccc(Cl)c(Cl)c3)c12. The Morgan fingerprint density at radius 3 is 2.81 bits per heavy atom. The smallest absolute Gasteiger partial charge is 0.294 e. The minimum atomic E-state index is -0.381. The van der Waals surface area contributed by atoms with Gasteiger partial charge in [0.2, 0.25) is 0 Å². The molecule has 0 saturated heterocycles. The topological polar surface area (TPSA) is 71.8 Å². The van der Waals surface area contributed by atoms with Gasteiger partial charge in [0.05, 0.1) is 21.1 Å². The van der Waals surface area contributed by atoms with Crippen LogP contribution < -0.4 is 5.56 Å². The van der Waals surface area contributed by atoms with E-state index >= 15 is 0 Å². The lowest BCUT2D eigenvalue weighted by Crippen LogP contribution is -2.09. The van der Waals surface area contributed by atoms with Crippen LogP contribution in [-0.2, 0) is 0 Å². The van der Waals surface area contributed by atoms with E-state index in [1.165, 1.54) is 0 Å². The van der Waals surface area contributed by atoms with Crippen molar-refractivity contribution in [3.8, 4) is 0 Å². The number of benzene rings is 1. The monoisotopic (exact) mass is 321 g/mol. The van der Waals surface area contributed by atoms with E-state index in [1.807, 2.05) is 6.07 Å². The van der Waals surface area contributed by atoms with Crippen molar-refractivity contribution in [1.82, 2.24) is 15.4 Å². The highest BCUT2D eigenvalue weighted by Gasteiger charge is 2.12. The number of nitrogens with one attached hydrogen (secondary N) is 1. The lowest BCUT2D eigenvalue weighted by Gasteiger charge is -1.97. The van der Waals surface area contributed by atoms with Crippen molar-refractivity contribution in [3.05, 3.63) is 55.6 Å². The number of aryl methyl sites for hydroxylation is 1. The molecule has 0 aliphatic carbocycles. The van der Waals surface area contributed by atoms with Crippen LogP contribution in [-0.4, -0.2) is 15.4 Å². The highest BCUT2D eigenvalue weighted by molar-refractivity contribution is 6.42. The average molecular weight is 322 g/mol. The predicted octanol–water partition coefficient (Wildman–Crippen LogP) is 3.70. The van der Waals surface area contributed by atoms with Gasteiger partial charge in [-0.05, 0) is 30.7 Å². The van der Waals surface area contributed by atoms with Crippen molar-refractivity contribution < 1.29 is 4.52 Å². The van der Waals surface area contributed by atoms with Crippen LogP contribution in [0.1, 0.15) is 17.0 Å². The molecule has 1 aromatic carbocycles. The minimum absolute atomic E-state index is 0.233. The van der Waals surface area contributed by atoms with Gasteiger partial charge in [-0.25, -0.2) is 5.10 Å². The van der Waals surface area contributed by atoms with Gasteiger partial charge in [0, 0.05) is 0 Å². The third kappa shape index (κ3) is 2.57. The predicted molar refractivity (Wildman–Crippen MR) is 82.6 cm³/mol. The molecule has 2 aromatic heterocycles. The van der Waals surface area contributed by atoms with Gasteiger partial charge in [0.1, 0.15) is 0 Å². The summed E-state index contributed by atoms with van der Waals surface area (Å²) in [5, 5.41) is 11.6. The van der Waals surface area contributed by atoms with Crippen molar-refractivity contribution in [1.29, 1.82) is 0 Å². The Balaban J connectivity index is 2.05. The van der Waals surface area contributed by atoms with Crippen LogP contribution in [0.4, 0.5) is 0 Å². The van der Waals surface area contributed by atoms with E-state index in [1.54, 1.807) is 31.2 Å². The normalized spacial score (nSPS) is 11.6. The maximum Gasteiger partial charge on any atom is 0.294 e. The van der Waals surface area contributed by atoms with Gasteiger partial charge in [-0.3, -0.25) is 4.79 Å². The summed E-state index contributed by atoms with van der Waals surface area (Å²) in [4.78, 5) is 11.6. The summed E-state index contributed by atoms with van der Waals surface area (Å²) in [6.07, 6.45) is 3.51. The third-order valence-corrected chi connectivity index (χ3v) is 3.73. The minimum Gasteiger partial charge on any atom is -0.355 e. The molecule has 21 heavy (non-hydrogen) atoms. The Hall–Kier alpha value is -2.11. The second kappa shape index (κ2) is 5.35. The zero-order valence-electron chi connectivity index (χ0n) is 10.9. The first-order valence-electron chi connectivity index (χ1n) is 6.04. The first-order chi connectivity index (χ1) is 10.1. The van der Waals surface area contributed by atoms with Gasteiger partial charge < -0.3 is 4.52 Å². The van der Waals surface area contributed by atoms with Crippen molar-refractivity contribution in [2.45, 2.75) is 6.92 Å². The van der Waals surface area contributed by atoms with Crippen LogP contribution in [0.15, 0.2) is 27.5 Å². The number of halogens is 2. The Labute approximate surface area is 129 Å². The molecule has 1 N–H and O–H groups in total. The molecule has 0 radical (unpaired) electrons. The van der Waals surface area contributed by atoms with Crippen molar-refractivity contribution in [3.63, 3.8) is 0 Å². The number of fused-ring (bicyclic) bond motifs is 1. The summed E-state index contributed by atoms with van der Waals surface area (Å²) in [7, 11) is 0. The molecule has 0 bridgehead atoms. The van der Waals surface area contributed by atoms with Crippen LogP contribution in [0.3, 0.4) is 0 Å². The molecule has 3 rings (SSSR count). The molecule has 0 aliphatic rings. The Bertz CT molecular complexity index is 912. The van der Waals surface area contributed by atoms with Gasteiger partial charge in [-0.2, -0.15) is 5.10 Å². The van der Waals surface area contributed by atoms with Gasteiger partial charge in [0.25, 0.3) is 5.56 Å². The second-order valence-corrected chi connectivity index (χ2v) is 5.23. The summed E-state index contributed by atoms with van der Waals surface area (Å²) >= 11 is 11.8. The number of aromatic nitrogens is 3. The van der Waals surface area contributed by atoms with Crippen LogP contribution in [0, 0.1) is 6.92 Å². The molecule has 0 saturated carbocycles. The maximum atomic E-state index is 11.6. The van der Waals surface area contributed by atoms with E-state index < -0.39 is 0 Å². The second-order valence-electron chi connectivity index (χ2n) is 4.42. The molecule has 0 atom stereocenters. The molecule has 106 valence electrons. The fraction of sp³-hybridized carbons (Fsp3) is 0.0714. The lowest BCUT2D eigenvalue weighted by molar-refractivity contribution is 0.421. The molecular formula is C14H9Cl2N3O2. The van der Waals surface area contributed by atoms with Crippen LogP contribution in [0.5, 0.6) is 0 Å². The number of H-pyrrole nitrogens is 1. The number of hydrogen-bond donors (Lipinski definition) is 1. The Morgan fingerprint density at radius 1 is 1.24 bits per heavy atom. The molecule has 2 heterocycles. The summed E-state index contributed by atoms with van der Waals surface area (Å²) in [5.41, 5.74) is 1.34. The molecule has 0 unspecified atom stereocenters. The Morgan fingerprint density at radius 2 is 2.05 bits per heavy atom. The largest absolute Gasteiger partial charge is 0.355 e. The molecule has 7 heteroatoms. The number of rotatable bonds is 2. The molecule has 0 aliphatic heterocycles. The molecular weight excluding hydrogens is 313 g/mol. The fourth-order valence-electron chi connectivity index (χ4n) is 1.95. The van der Waals surface area contributed by atoms with E-state index in [2.05, 4.69) is 15.4 Å². The van der Waals surface area contributed by atoms with E-state index in [-0.39, 0.29) is 11.1 Å². The quantitative estimate of drug-likeness (QED) is 0.781. The number of hydrogen-bond acceptors (Lipinski definition) is 4. The van der Waals surface area contributed by atoms with Crippen LogP contribution in [0.25, 0.3) is 23.1 Å². The van der Waals surface area contributed by atoms with E-state index in [0.717, 1.165) is 5.56 Å². The van der Waals surface area contributed by atoms with Gasteiger partial charge in [-0.15, -0.1) is 0 Å².